The number of nitrogens with one attached hydrogen (secondary N) is 1. The second-order valence-electron chi connectivity index (χ2n) is 7.84. The highest BCUT2D eigenvalue weighted by atomic mass is 127. The molecule has 4 rings (SSSR count). The molecule has 0 saturated heterocycles. The number of imidazole rings is 1. The van der Waals surface area contributed by atoms with E-state index in [1.165, 1.54) is 6.33 Å². The molecular weight excluding hydrogens is 503 g/mol. The van der Waals surface area contributed by atoms with Crippen LogP contribution in [-0.2, 0) is 6.54 Å². The lowest BCUT2D eigenvalue weighted by molar-refractivity contribution is 0.375. The first-order chi connectivity index (χ1) is 13.8. The van der Waals surface area contributed by atoms with Crippen LogP contribution in [0.4, 0.5) is 5.82 Å². The Kier molecular flexibility index (Phi) is 5.62. The quantitative estimate of drug-likeness (QED) is 0.289. The molecule has 3 heterocycles. The van der Waals surface area contributed by atoms with Crippen LogP contribution in [0.25, 0.3) is 22.3 Å². The molecule has 0 aliphatic heterocycles. The summed E-state index contributed by atoms with van der Waals surface area (Å²) in [5.74, 6) is 0.379. The van der Waals surface area contributed by atoms with E-state index in [1.54, 1.807) is 11.8 Å². The van der Waals surface area contributed by atoms with Gasteiger partial charge in [0.1, 0.15) is 11.8 Å². The van der Waals surface area contributed by atoms with Crippen LogP contribution >= 0.6 is 34.4 Å². The van der Waals surface area contributed by atoms with Gasteiger partial charge in [0.25, 0.3) is 0 Å². The Morgan fingerprint density at radius 2 is 2.10 bits per heavy atom. The minimum Gasteiger partial charge on any atom is -0.382 e. The summed E-state index contributed by atoms with van der Waals surface area (Å²) < 4.78 is 8.25. The van der Waals surface area contributed by atoms with Gasteiger partial charge in [0, 0.05) is 39.4 Å². The van der Waals surface area contributed by atoms with Gasteiger partial charge in [-0.25, -0.2) is 15.0 Å². The Bertz CT molecular complexity index is 1170. The average Bonchev–Trinajstić information content (AvgIpc) is 3.23. The summed E-state index contributed by atoms with van der Waals surface area (Å²) in [4.78, 5) is 14.3. The first kappa shape index (κ1) is 20.3. The van der Waals surface area contributed by atoms with Gasteiger partial charge in [0.2, 0.25) is 0 Å². The minimum absolute atomic E-state index is 0.221. The molecule has 11 heteroatoms. The highest BCUT2D eigenvalue weighted by molar-refractivity contribution is 14.1. The molecule has 0 fully saturated rings. The van der Waals surface area contributed by atoms with Gasteiger partial charge in [-0.2, -0.15) is 0 Å². The second-order valence-corrected chi connectivity index (χ2v) is 10.0. The smallest absolute Gasteiger partial charge is 0.188 e. The number of nitrogens with two attached hydrogens (primary N) is 1. The summed E-state index contributed by atoms with van der Waals surface area (Å²) in [5.41, 5.74) is 8.99. The van der Waals surface area contributed by atoms with Crippen molar-refractivity contribution in [3.8, 4) is 0 Å². The number of halogens is 1. The van der Waals surface area contributed by atoms with Crippen molar-refractivity contribution in [2.45, 2.75) is 37.4 Å². The van der Waals surface area contributed by atoms with E-state index >= 15 is 0 Å². The molecule has 4 aromatic rings. The van der Waals surface area contributed by atoms with Gasteiger partial charge in [-0.15, -0.1) is 5.10 Å². The van der Waals surface area contributed by atoms with Gasteiger partial charge in [0.05, 0.1) is 0 Å². The fraction of sp³-hybridized carbons (Fsp3) is 0.389. The fourth-order valence-corrected chi connectivity index (χ4v) is 4.55. The van der Waals surface area contributed by atoms with E-state index in [9.17, 15) is 0 Å². The average molecular weight is 524 g/mol. The van der Waals surface area contributed by atoms with E-state index in [1.807, 2.05) is 12.1 Å². The summed E-state index contributed by atoms with van der Waals surface area (Å²) in [6, 6.07) is 3.87. The summed E-state index contributed by atoms with van der Waals surface area (Å²) in [6.07, 6.45) is 1.48. The molecule has 0 bridgehead atoms. The number of benzene rings is 1. The van der Waals surface area contributed by atoms with E-state index in [0.29, 0.717) is 22.4 Å². The molecule has 0 unspecified atom stereocenters. The molecule has 0 radical (unpaired) electrons. The predicted molar refractivity (Wildman–Crippen MR) is 121 cm³/mol. The second kappa shape index (κ2) is 8.03. The molecule has 0 aliphatic carbocycles. The van der Waals surface area contributed by atoms with Crippen molar-refractivity contribution >= 4 is 62.4 Å². The lowest BCUT2D eigenvalue weighted by Crippen LogP contribution is -2.29. The third-order valence-electron chi connectivity index (χ3n) is 4.20. The van der Waals surface area contributed by atoms with Crippen molar-refractivity contribution in [1.29, 1.82) is 0 Å². The molecule has 152 valence electrons. The third-order valence-corrected chi connectivity index (χ3v) is 6.51. The van der Waals surface area contributed by atoms with E-state index in [-0.39, 0.29) is 5.41 Å². The van der Waals surface area contributed by atoms with Gasteiger partial charge in [-0.1, -0.05) is 32.5 Å². The number of nitrogen functional groups attached to an aromatic ring is 1. The van der Waals surface area contributed by atoms with Gasteiger partial charge in [-0.05, 0) is 34.1 Å². The molecular formula is C18H21IN8OS. The molecule has 9 nitrogen and oxygen atoms in total. The standard InChI is InChI=1S/C18H21IN8OS/c1-18(2,3)8-21-4-5-27-16-14(15(20)22-9-23-16)24-17(27)29-13-7-11-12(6-10(13)19)28-26-25-11/h6-7,9,21H,4-5,8H2,1-3H3,(H2,20,22,23). The number of anilines is 1. The van der Waals surface area contributed by atoms with E-state index in [4.69, 9.17) is 15.2 Å². The zero-order valence-corrected chi connectivity index (χ0v) is 19.3. The maximum absolute atomic E-state index is 6.05. The van der Waals surface area contributed by atoms with Gasteiger partial charge < -0.3 is 20.1 Å². The molecule has 0 saturated carbocycles. The van der Waals surface area contributed by atoms with Crippen molar-refractivity contribution in [2.24, 2.45) is 5.41 Å². The SMILES string of the molecule is CC(C)(C)CNCCn1c(Sc2cc3nnoc3cc2I)nc2c(N)ncnc21. The topological polar surface area (TPSA) is 121 Å². The summed E-state index contributed by atoms with van der Waals surface area (Å²) in [7, 11) is 0. The van der Waals surface area contributed by atoms with Crippen molar-refractivity contribution < 1.29 is 4.52 Å². The Balaban J connectivity index is 1.66. The van der Waals surface area contributed by atoms with Gasteiger partial charge >= 0.3 is 0 Å². The van der Waals surface area contributed by atoms with Crippen LogP contribution in [0, 0.1) is 8.99 Å². The number of hydrogen-bond donors (Lipinski definition) is 2. The molecule has 3 N–H and O–H groups in total. The molecule has 0 atom stereocenters. The highest BCUT2D eigenvalue weighted by Crippen LogP contribution is 2.35. The van der Waals surface area contributed by atoms with Crippen LogP contribution < -0.4 is 11.1 Å². The van der Waals surface area contributed by atoms with E-state index < -0.39 is 0 Å². The Morgan fingerprint density at radius 1 is 1.28 bits per heavy atom. The Hall–Kier alpha value is -1.99. The maximum Gasteiger partial charge on any atom is 0.188 e. The van der Waals surface area contributed by atoms with Crippen molar-refractivity contribution in [3.05, 3.63) is 22.0 Å². The van der Waals surface area contributed by atoms with Crippen LogP contribution in [0.15, 0.2) is 33.0 Å². The van der Waals surface area contributed by atoms with Crippen LogP contribution in [-0.4, -0.2) is 43.0 Å². The van der Waals surface area contributed by atoms with Crippen LogP contribution in [0.1, 0.15) is 20.8 Å². The largest absolute Gasteiger partial charge is 0.382 e. The van der Waals surface area contributed by atoms with Crippen LogP contribution in [0.3, 0.4) is 0 Å². The number of nitrogens with zero attached hydrogens (tertiary/aromatic N) is 6. The Morgan fingerprint density at radius 3 is 2.90 bits per heavy atom. The highest BCUT2D eigenvalue weighted by Gasteiger charge is 2.18. The summed E-state index contributed by atoms with van der Waals surface area (Å²) in [6.45, 7) is 9.06. The molecule has 0 aliphatic rings. The third kappa shape index (κ3) is 4.46. The first-order valence-electron chi connectivity index (χ1n) is 9.09. The lowest BCUT2D eigenvalue weighted by Gasteiger charge is -2.19. The fourth-order valence-electron chi connectivity index (χ4n) is 2.83. The summed E-state index contributed by atoms with van der Waals surface area (Å²) >= 11 is 3.82. The van der Waals surface area contributed by atoms with E-state index in [0.717, 1.165) is 38.9 Å². The number of rotatable bonds is 6. The molecule has 3 aromatic heterocycles. The molecule has 0 amide bonds. The first-order valence-corrected chi connectivity index (χ1v) is 11.0. The zero-order chi connectivity index (χ0) is 20.6. The number of fused-ring (bicyclic) bond motifs is 2. The molecule has 1 aromatic carbocycles. The van der Waals surface area contributed by atoms with Gasteiger partial charge in [-0.3, -0.25) is 0 Å². The maximum atomic E-state index is 6.05. The zero-order valence-electron chi connectivity index (χ0n) is 16.3. The predicted octanol–water partition coefficient (Wildman–Crippen LogP) is 3.34. The van der Waals surface area contributed by atoms with Gasteiger partial charge in [0.15, 0.2) is 27.7 Å². The van der Waals surface area contributed by atoms with Crippen molar-refractivity contribution in [1.82, 2.24) is 35.2 Å². The van der Waals surface area contributed by atoms with Crippen molar-refractivity contribution in [3.63, 3.8) is 0 Å². The van der Waals surface area contributed by atoms with Crippen molar-refractivity contribution in [2.75, 3.05) is 18.8 Å². The minimum atomic E-state index is 0.221. The molecule has 0 spiro atoms. The lowest BCUT2D eigenvalue weighted by atomic mass is 9.97. The van der Waals surface area contributed by atoms with Crippen LogP contribution in [0.5, 0.6) is 0 Å². The summed E-state index contributed by atoms with van der Waals surface area (Å²) in [5, 5.41) is 11.9. The van der Waals surface area contributed by atoms with Crippen LogP contribution in [0.2, 0.25) is 0 Å². The monoisotopic (exact) mass is 524 g/mol. The van der Waals surface area contributed by atoms with E-state index in [2.05, 4.69) is 73.6 Å². The molecule has 29 heavy (non-hydrogen) atoms. The number of hydrogen-bond acceptors (Lipinski definition) is 9. The number of aromatic nitrogens is 6. The normalized spacial score (nSPS) is 12.3. The Labute approximate surface area is 185 Å².